The maximum absolute atomic E-state index is 6.36. The number of nitrogens with zero attached hydrogens (tertiary/aromatic N) is 4. The number of rotatable bonds is 4. The van der Waals surface area contributed by atoms with E-state index in [4.69, 9.17) is 28.8 Å². The molecule has 6 heteroatoms. The van der Waals surface area contributed by atoms with Crippen LogP contribution in [0.5, 0.6) is 0 Å². The Hall–Kier alpha value is -7.18. The third kappa shape index (κ3) is 4.44. The van der Waals surface area contributed by atoms with Crippen LogP contribution >= 0.6 is 0 Å². The van der Waals surface area contributed by atoms with E-state index in [1.165, 1.54) is 0 Å². The van der Waals surface area contributed by atoms with Gasteiger partial charge in [0.1, 0.15) is 22.3 Å². The van der Waals surface area contributed by atoms with Crippen molar-refractivity contribution in [2.24, 2.45) is 0 Å². The molecule has 0 saturated heterocycles. The summed E-state index contributed by atoms with van der Waals surface area (Å²) in [7, 11) is 0. The van der Waals surface area contributed by atoms with Gasteiger partial charge in [0, 0.05) is 32.8 Å². The van der Waals surface area contributed by atoms with Crippen molar-refractivity contribution in [2.45, 2.75) is 0 Å². The zero-order valence-corrected chi connectivity index (χ0v) is 27.6. The molecule has 0 atom stereocenters. The summed E-state index contributed by atoms with van der Waals surface area (Å²) in [5.74, 6) is 1.80. The van der Waals surface area contributed by atoms with Crippen LogP contribution in [0.2, 0.25) is 0 Å². The van der Waals surface area contributed by atoms with Gasteiger partial charge in [0.15, 0.2) is 23.1 Å². The molecule has 0 radical (unpaired) electrons. The lowest BCUT2D eigenvalue weighted by atomic mass is 9.94. The highest BCUT2D eigenvalue weighted by Crippen LogP contribution is 2.41. The zero-order chi connectivity index (χ0) is 34.2. The lowest BCUT2D eigenvalue weighted by Crippen LogP contribution is -2.00. The van der Waals surface area contributed by atoms with E-state index in [0.29, 0.717) is 17.5 Å². The first kappa shape index (κ1) is 28.6. The second kappa shape index (κ2) is 11.2. The molecule has 0 unspecified atom stereocenters. The van der Waals surface area contributed by atoms with Crippen molar-refractivity contribution in [3.05, 3.63) is 158 Å². The number of furan rings is 2. The molecule has 0 saturated carbocycles. The molecule has 0 aliphatic carbocycles. The molecular formula is C46H26N4O2. The van der Waals surface area contributed by atoms with Gasteiger partial charge in [-0.2, -0.15) is 0 Å². The topological polar surface area (TPSA) is 77.8 Å². The normalized spacial score (nSPS) is 11.8. The number of aromatic nitrogens is 4. The van der Waals surface area contributed by atoms with Crippen molar-refractivity contribution in [1.82, 2.24) is 19.9 Å². The van der Waals surface area contributed by atoms with Gasteiger partial charge in [0.25, 0.3) is 0 Å². The van der Waals surface area contributed by atoms with Gasteiger partial charge in [-0.15, -0.1) is 0 Å². The van der Waals surface area contributed by atoms with E-state index in [-0.39, 0.29) is 0 Å². The van der Waals surface area contributed by atoms with Crippen LogP contribution in [0.1, 0.15) is 0 Å². The van der Waals surface area contributed by atoms with E-state index in [1.54, 1.807) is 0 Å². The highest BCUT2D eigenvalue weighted by molar-refractivity contribution is 6.16. The van der Waals surface area contributed by atoms with Crippen LogP contribution in [0, 0.1) is 0 Å². The molecular weight excluding hydrogens is 641 g/mol. The molecule has 0 spiro atoms. The Kier molecular flexibility index (Phi) is 6.15. The first-order valence-electron chi connectivity index (χ1n) is 17.2. The van der Waals surface area contributed by atoms with Crippen LogP contribution in [-0.4, -0.2) is 19.9 Å². The van der Waals surface area contributed by atoms with E-state index in [1.807, 2.05) is 91.0 Å². The quantitative estimate of drug-likeness (QED) is 0.186. The number of hydrogen-bond acceptors (Lipinski definition) is 6. The Balaban J connectivity index is 1.10. The molecule has 11 aromatic rings. The Bertz CT molecular complexity index is 3200. The average Bonchev–Trinajstić information content (AvgIpc) is 3.77. The lowest BCUT2D eigenvalue weighted by Gasteiger charge is -2.12. The molecule has 0 amide bonds. The number of fused-ring (bicyclic) bond motifs is 8. The Morgan fingerprint density at radius 1 is 0.346 bits per heavy atom. The van der Waals surface area contributed by atoms with Gasteiger partial charge in [0.2, 0.25) is 0 Å². The van der Waals surface area contributed by atoms with Gasteiger partial charge < -0.3 is 8.83 Å². The molecule has 4 aromatic heterocycles. The molecule has 4 heterocycles. The molecule has 52 heavy (non-hydrogen) atoms. The summed E-state index contributed by atoms with van der Waals surface area (Å²) in [6.45, 7) is 0. The summed E-state index contributed by atoms with van der Waals surface area (Å²) in [4.78, 5) is 20.3. The molecule has 7 aromatic carbocycles. The van der Waals surface area contributed by atoms with Crippen LogP contribution in [0.25, 0.3) is 111 Å². The van der Waals surface area contributed by atoms with E-state index in [0.717, 1.165) is 93.5 Å². The minimum atomic E-state index is 0.591. The van der Waals surface area contributed by atoms with Gasteiger partial charge in [-0.1, -0.05) is 121 Å². The molecule has 0 fully saturated rings. The highest BCUT2D eigenvalue weighted by atomic mass is 16.3. The zero-order valence-electron chi connectivity index (χ0n) is 27.6. The van der Waals surface area contributed by atoms with Crippen LogP contribution in [0.15, 0.2) is 167 Å². The van der Waals surface area contributed by atoms with Crippen LogP contribution in [0.3, 0.4) is 0 Å². The molecule has 6 nitrogen and oxygen atoms in total. The number of benzene rings is 7. The van der Waals surface area contributed by atoms with Crippen molar-refractivity contribution in [3.63, 3.8) is 0 Å². The van der Waals surface area contributed by atoms with Gasteiger partial charge >= 0.3 is 0 Å². The largest absolute Gasteiger partial charge is 0.456 e. The molecule has 11 rings (SSSR count). The SMILES string of the molecule is c1ccc(-c2nc(-c3ccc4c(-c5cccc6oc7cc8ccccc8nc7c56)cccc4c3)nc(-c3cccc4oc5ccccc5c34)n2)cc1. The summed E-state index contributed by atoms with van der Waals surface area (Å²) >= 11 is 0. The fraction of sp³-hybridized carbons (Fsp3) is 0. The van der Waals surface area contributed by atoms with Crippen LogP contribution in [0.4, 0.5) is 0 Å². The Morgan fingerprint density at radius 2 is 1.00 bits per heavy atom. The van der Waals surface area contributed by atoms with E-state index in [2.05, 4.69) is 66.7 Å². The second-order valence-electron chi connectivity index (χ2n) is 13.0. The predicted octanol–water partition coefficient (Wildman–Crippen LogP) is 12.0. The second-order valence-corrected chi connectivity index (χ2v) is 13.0. The van der Waals surface area contributed by atoms with Crippen molar-refractivity contribution in [2.75, 3.05) is 0 Å². The van der Waals surface area contributed by atoms with E-state index < -0.39 is 0 Å². The van der Waals surface area contributed by atoms with Gasteiger partial charge in [-0.05, 0) is 58.3 Å². The smallest absolute Gasteiger partial charge is 0.164 e. The standard InChI is InChI=1S/C46H26N4O2/c1-2-11-27(12-3-1)44-48-45(50-46(49-44)35-18-10-21-38-41(35)34-15-5-7-20-37(34)51-38)30-23-24-31-28(25-30)14-8-16-32(31)33-17-9-22-39-42(33)43-40(52-39)26-29-13-4-6-19-36(29)47-43/h1-26H. The first-order valence-corrected chi connectivity index (χ1v) is 17.2. The van der Waals surface area contributed by atoms with Crippen LogP contribution in [-0.2, 0) is 0 Å². The van der Waals surface area contributed by atoms with Gasteiger partial charge in [0.05, 0.1) is 10.9 Å². The average molecular weight is 667 g/mol. The van der Waals surface area contributed by atoms with Crippen molar-refractivity contribution < 1.29 is 8.83 Å². The lowest BCUT2D eigenvalue weighted by molar-refractivity contribution is 0.668. The summed E-state index contributed by atoms with van der Waals surface area (Å²) in [6, 6.07) is 53.5. The van der Waals surface area contributed by atoms with Gasteiger partial charge in [-0.25, -0.2) is 19.9 Å². The minimum absolute atomic E-state index is 0.591. The maximum Gasteiger partial charge on any atom is 0.164 e. The van der Waals surface area contributed by atoms with Crippen LogP contribution < -0.4 is 0 Å². The number of hydrogen-bond donors (Lipinski definition) is 0. The van der Waals surface area contributed by atoms with Crippen molar-refractivity contribution >= 4 is 65.7 Å². The minimum Gasteiger partial charge on any atom is -0.456 e. The fourth-order valence-corrected chi connectivity index (χ4v) is 7.52. The van der Waals surface area contributed by atoms with Gasteiger partial charge in [-0.3, -0.25) is 0 Å². The molecule has 0 aliphatic rings. The van der Waals surface area contributed by atoms with Crippen molar-refractivity contribution in [3.8, 4) is 45.3 Å². The third-order valence-corrected chi connectivity index (χ3v) is 9.91. The Morgan fingerprint density at radius 3 is 1.90 bits per heavy atom. The molecule has 0 aliphatic heterocycles. The number of para-hydroxylation sites is 2. The Labute approximate surface area is 296 Å². The van der Waals surface area contributed by atoms with E-state index in [9.17, 15) is 0 Å². The summed E-state index contributed by atoms with van der Waals surface area (Å²) in [5.41, 5.74) is 9.92. The number of pyridine rings is 1. The third-order valence-electron chi connectivity index (χ3n) is 9.91. The highest BCUT2D eigenvalue weighted by Gasteiger charge is 2.19. The van der Waals surface area contributed by atoms with E-state index >= 15 is 0 Å². The molecule has 0 bridgehead atoms. The fourth-order valence-electron chi connectivity index (χ4n) is 7.52. The first-order chi connectivity index (χ1) is 25.7. The summed E-state index contributed by atoms with van der Waals surface area (Å²) in [5, 5.41) is 6.26. The molecule has 242 valence electrons. The molecule has 0 N–H and O–H groups in total. The summed E-state index contributed by atoms with van der Waals surface area (Å²) in [6.07, 6.45) is 0. The predicted molar refractivity (Wildman–Crippen MR) is 209 cm³/mol. The summed E-state index contributed by atoms with van der Waals surface area (Å²) < 4.78 is 12.6. The monoisotopic (exact) mass is 666 g/mol. The maximum atomic E-state index is 6.36. The van der Waals surface area contributed by atoms with Crippen molar-refractivity contribution in [1.29, 1.82) is 0 Å².